The van der Waals surface area contributed by atoms with Crippen LogP contribution in [-0.2, 0) is 10.0 Å². The summed E-state index contributed by atoms with van der Waals surface area (Å²) in [6.45, 7) is 4.52. The first-order valence-electron chi connectivity index (χ1n) is 6.84. The molecular formula is C13H17Cl2N3O2S2. The van der Waals surface area contributed by atoms with Crippen molar-refractivity contribution in [1.82, 2.24) is 14.5 Å². The fraction of sp³-hybridized carbons (Fsp3) is 0.462. The van der Waals surface area contributed by atoms with Crippen molar-refractivity contribution in [2.45, 2.75) is 11.8 Å². The van der Waals surface area contributed by atoms with Gasteiger partial charge in [0.2, 0.25) is 10.0 Å². The van der Waals surface area contributed by atoms with E-state index in [4.69, 9.17) is 35.4 Å². The normalized spacial score (nSPS) is 16.6. The third-order valence-electron chi connectivity index (χ3n) is 3.36. The van der Waals surface area contributed by atoms with Crippen LogP contribution in [0.5, 0.6) is 0 Å². The molecule has 1 N–H and O–H groups in total. The van der Waals surface area contributed by atoms with Crippen molar-refractivity contribution in [3.05, 3.63) is 28.2 Å². The lowest BCUT2D eigenvalue weighted by atomic mass is 10.4. The molecule has 1 aliphatic heterocycles. The maximum Gasteiger partial charge on any atom is 0.244 e. The highest BCUT2D eigenvalue weighted by Gasteiger charge is 2.30. The van der Waals surface area contributed by atoms with Crippen LogP contribution < -0.4 is 5.32 Å². The fourth-order valence-electron chi connectivity index (χ4n) is 2.21. The second kappa shape index (κ2) is 7.31. The van der Waals surface area contributed by atoms with Crippen LogP contribution in [0.15, 0.2) is 23.1 Å². The highest BCUT2D eigenvalue weighted by Crippen LogP contribution is 2.28. The zero-order valence-corrected chi connectivity index (χ0v) is 15.2. The average Bonchev–Trinajstić information content (AvgIpc) is 2.50. The van der Waals surface area contributed by atoms with Gasteiger partial charge in [0, 0.05) is 37.7 Å². The third-order valence-corrected chi connectivity index (χ3v) is 6.38. The Hall–Kier alpha value is -0.600. The Morgan fingerprint density at radius 3 is 2.50 bits per heavy atom. The molecule has 0 saturated carbocycles. The first-order chi connectivity index (χ1) is 10.4. The molecule has 0 radical (unpaired) electrons. The van der Waals surface area contributed by atoms with Crippen LogP contribution in [0.25, 0.3) is 0 Å². The first-order valence-corrected chi connectivity index (χ1v) is 9.44. The molecular weight excluding hydrogens is 365 g/mol. The molecule has 122 valence electrons. The Morgan fingerprint density at radius 1 is 1.27 bits per heavy atom. The van der Waals surface area contributed by atoms with E-state index in [9.17, 15) is 8.42 Å². The van der Waals surface area contributed by atoms with E-state index >= 15 is 0 Å². The number of nitrogens with one attached hydrogen (secondary N) is 1. The summed E-state index contributed by atoms with van der Waals surface area (Å²) >= 11 is 17.1. The van der Waals surface area contributed by atoms with Crippen LogP contribution in [0.2, 0.25) is 10.0 Å². The van der Waals surface area contributed by atoms with Gasteiger partial charge in [-0.05, 0) is 37.3 Å². The monoisotopic (exact) mass is 381 g/mol. The minimum Gasteiger partial charge on any atom is -0.363 e. The number of thiocarbonyl (C=S) groups is 1. The molecule has 9 heteroatoms. The minimum absolute atomic E-state index is 0.0457. The maximum absolute atomic E-state index is 12.7. The standard InChI is InChI=1S/C13H17Cl2N3O2S2/c1-2-16-13(21)17-5-7-18(8-6-17)22(19,20)12-9-10(14)3-4-11(12)15/h3-4,9H,2,5-8H2,1H3,(H,16,21). The SMILES string of the molecule is CCNC(=S)N1CCN(S(=O)(=O)c2cc(Cl)ccc2Cl)CC1. The van der Waals surface area contributed by atoms with Crippen LogP contribution in [-0.4, -0.2) is 55.5 Å². The summed E-state index contributed by atoms with van der Waals surface area (Å²) in [6, 6.07) is 4.44. The molecule has 22 heavy (non-hydrogen) atoms. The highest BCUT2D eigenvalue weighted by molar-refractivity contribution is 7.89. The Balaban J connectivity index is 2.13. The average molecular weight is 382 g/mol. The highest BCUT2D eigenvalue weighted by atomic mass is 35.5. The van der Waals surface area contributed by atoms with Crippen LogP contribution in [0.1, 0.15) is 6.92 Å². The molecule has 0 bridgehead atoms. The molecule has 5 nitrogen and oxygen atoms in total. The van der Waals surface area contributed by atoms with E-state index in [2.05, 4.69) is 5.32 Å². The summed E-state index contributed by atoms with van der Waals surface area (Å²) in [4.78, 5) is 2.01. The Kier molecular flexibility index (Phi) is 5.90. The van der Waals surface area contributed by atoms with Crippen molar-refractivity contribution in [3.63, 3.8) is 0 Å². The molecule has 0 aliphatic carbocycles. The predicted molar refractivity (Wildman–Crippen MR) is 93.1 cm³/mol. The molecule has 0 atom stereocenters. The molecule has 1 heterocycles. The van der Waals surface area contributed by atoms with E-state index in [0.29, 0.717) is 36.3 Å². The number of benzene rings is 1. The number of rotatable bonds is 3. The lowest BCUT2D eigenvalue weighted by Gasteiger charge is -2.35. The van der Waals surface area contributed by atoms with Gasteiger partial charge in [-0.15, -0.1) is 0 Å². The molecule has 0 spiro atoms. The van der Waals surface area contributed by atoms with Crippen LogP contribution in [0, 0.1) is 0 Å². The van der Waals surface area contributed by atoms with Crippen molar-refractivity contribution in [3.8, 4) is 0 Å². The number of halogens is 2. The number of hydrogen-bond donors (Lipinski definition) is 1. The van der Waals surface area contributed by atoms with E-state index in [0.717, 1.165) is 6.54 Å². The molecule has 1 fully saturated rings. The van der Waals surface area contributed by atoms with Gasteiger partial charge < -0.3 is 10.2 Å². The van der Waals surface area contributed by atoms with Crippen molar-refractivity contribution < 1.29 is 8.42 Å². The van der Waals surface area contributed by atoms with Gasteiger partial charge >= 0.3 is 0 Å². The third kappa shape index (κ3) is 3.83. The molecule has 0 aromatic heterocycles. The summed E-state index contributed by atoms with van der Waals surface area (Å²) in [5.74, 6) is 0. The Labute approximate surface area is 146 Å². The van der Waals surface area contributed by atoms with Gasteiger partial charge in [-0.1, -0.05) is 23.2 Å². The number of piperazine rings is 1. The second-order valence-corrected chi connectivity index (χ2v) is 7.94. The molecule has 1 aromatic carbocycles. The predicted octanol–water partition coefficient (Wildman–Crippen LogP) is 2.19. The van der Waals surface area contributed by atoms with Gasteiger partial charge in [0.15, 0.2) is 5.11 Å². The van der Waals surface area contributed by atoms with Crippen molar-refractivity contribution in [2.24, 2.45) is 0 Å². The van der Waals surface area contributed by atoms with E-state index < -0.39 is 10.0 Å². The van der Waals surface area contributed by atoms with E-state index in [-0.39, 0.29) is 9.92 Å². The molecule has 0 amide bonds. The van der Waals surface area contributed by atoms with Crippen molar-refractivity contribution in [2.75, 3.05) is 32.7 Å². The molecule has 1 aliphatic rings. The maximum atomic E-state index is 12.7. The van der Waals surface area contributed by atoms with Gasteiger partial charge in [0.05, 0.1) is 5.02 Å². The van der Waals surface area contributed by atoms with E-state index in [1.807, 2.05) is 11.8 Å². The van der Waals surface area contributed by atoms with Gasteiger partial charge in [0.1, 0.15) is 4.90 Å². The van der Waals surface area contributed by atoms with Gasteiger partial charge in [-0.25, -0.2) is 8.42 Å². The topological polar surface area (TPSA) is 52.6 Å². The number of hydrogen-bond acceptors (Lipinski definition) is 3. The summed E-state index contributed by atoms with van der Waals surface area (Å²) in [6.07, 6.45) is 0. The summed E-state index contributed by atoms with van der Waals surface area (Å²) < 4.78 is 26.8. The summed E-state index contributed by atoms with van der Waals surface area (Å²) in [5.41, 5.74) is 0. The van der Waals surface area contributed by atoms with Gasteiger partial charge in [-0.3, -0.25) is 0 Å². The summed E-state index contributed by atoms with van der Waals surface area (Å²) in [7, 11) is -3.65. The fourth-order valence-corrected chi connectivity index (χ4v) is 4.69. The largest absolute Gasteiger partial charge is 0.363 e. The second-order valence-electron chi connectivity index (χ2n) is 4.80. The summed E-state index contributed by atoms with van der Waals surface area (Å²) in [5, 5.41) is 4.24. The lowest BCUT2D eigenvalue weighted by Crippen LogP contribution is -2.52. The zero-order valence-electron chi connectivity index (χ0n) is 12.1. The van der Waals surface area contributed by atoms with Crippen molar-refractivity contribution in [1.29, 1.82) is 0 Å². The van der Waals surface area contributed by atoms with Gasteiger partial charge in [0.25, 0.3) is 0 Å². The molecule has 1 saturated heterocycles. The van der Waals surface area contributed by atoms with Crippen molar-refractivity contribution >= 4 is 50.6 Å². The Bertz CT molecular complexity index is 659. The quantitative estimate of drug-likeness (QED) is 0.813. The smallest absolute Gasteiger partial charge is 0.244 e. The van der Waals surface area contributed by atoms with E-state index in [1.54, 1.807) is 6.07 Å². The van der Waals surface area contributed by atoms with Gasteiger partial charge in [-0.2, -0.15) is 4.31 Å². The minimum atomic E-state index is -3.65. The molecule has 2 rings (SSSR count). The van der Waals surface area contributed by atoms with Crippen LogP contribution in [0.4, 0.5) is 0 Å². The Morgan fingerprint density at radius 2 is 1.91 bits per heavy atom. The molecule has 1 aromatic rings. The zero-order chi connectivity index (χ0) is 16.3. The first kappa shape index (κ1) is 17.7. The molecule has 0 unspecified atom stereocenters. The lowest BCUT2D eigenvalue weighted by molar-refractivity contribution is 0.264. The number of nitrogens with zero attached hydrogens (tertiary/aromatic N) is 2. The number of sulfonamides is 1. The van der Waals surface area contributed by atoms with Crippen LogP contribution >= 0.6 is 35.4 Å². The van der Waals surface area contributed by atoms with Crippen LogP contribution in [0.3, 0.4) is 0 Å². The van der Waals surface area contributed by atoms with E-state index in [1.165, 1.54) is 16.4 Å².